The van der Waals surface area contributed by atoms with Gasteiger partial charge in [-0.15, -0.1) is 0 Å². The third-order valence-electron chi connectivity index (χ3n) is 3.94. The highest BCUT2D eigenvalue weighted by Crippen LogP contribution is 2.29. The molecule has 0 spiro atoms. The Morgan fingerprint density at radius 2 is 1.85 bits per heavy atom. The van der Waals surface area contributed by atoms with E-state index in [9.17, 15) is 17.6 Å². The molecule has 1 N–H and O–H groups in total. The van der Waals surface area contributed by atoms with Gasteiger partial charge in [0, 0.05) is 31.7 Å². The summed E-state index contributed by atoms with van der Waals surface area (Å²) in [6, 6.07) is 0.279. The van der Waals surface area contributed by atoms with Crippen LogP contribution in [0.2, 0.25) is 0 Å². The second-order valence-electron chi connectivity index (χ2n) is 5.21. The Balaban J connectivity index is 2.32. The number of anilines is 1. The van der Waals surface area contributed by atoms with Crippen molar-refractivity contribution in [3.05, 3.63) is 29.3 Å². The number of nitrogens with one attached hydrogen (secondary N) is 1. The first-order chi connectivity index (χ1) is 9.45. The molecule has 0 radical (unpaired) electrons. The van der Waals surface area contributed by atoms with Crippen LogP contribution in [0.1, 0.15) is 20.3 Å². The van der Waals surface area contributed by atoms with Gasteiger partial charge in [0.15, 0.2) is 23.3 Å². The van der Waals surface area contributed by atoms with E-state index in [-0.39, 0.29) is 12.1 Å². The van der Waals surface area contributed by atoms with E-state index in [2.05, 4.69) is 5.32 Å². The van der Waals surface area contributed by atoms with Gasteiger partial charge in [0.2, 0.25) is 0 Å². The second-order valence-corrected chi connectivity index (χ2v) is 5.21. The molecule has 1 aromatic carbocycles. The summed E-state index contributed by atoms with van der Waals surface area (Å²) in [6.07, 6.45) is 0.911. The van der Waals surface area contributed by atoms with E-state index in [1.807, 2.05) is 13.8 Å². The lowest BCUT2D eigenvalue weighted by atomic mass is 9.97. The summed E-state index contributed by atoms with van der Waals surface area (Å²) in [5, 5.41) is 3.26. The molecule has 1 aliphatic heterocycles. The number of nitrogens with zero attached hydrogens (tertiary/aromatic N) is 1. The summed E-state index contributed by atoms with van der Waals surface area (Å²) in [7, 11) is 0. The highest BCUT2D eigenvalue weighted by Gasteiger charge is 2.29. The largest absolute Gasteiger partial charge is 0.364 e. The Labute approximate surface area is 115 Å². The van der Waals surface area contributed by atoms with Gasteiger partial charge in [-0.25, -0.2) is 17.6 Å². The molecule has 2 unspecified atom stereocenters. The molecule has 112 valence electrons. The van der Waals surface area contributed by atoms with Crippen molar-refractivity contribution in [2.75, 3.05) is 24.5 Å². The van der Waals surface area contributed by atoms with Crippen molar-refractivity contribution in [2.24, 2.45) is 5.92 Å². The van der Waals surface area contributed by atoms with Crippen LogP contribution in [0.5, 0.6) is 0 Å². The summed E-state index contributed by atoms with van der Waals surface area (Å²) in [5.74, 6) is -5.07. The van der Waals surface area contributed by atoms with Gasteiger partial charge < -0.3 is 10.2 Å². The first-order valence-electron chi connectivity index (χ1n) is 6.77. The van der Waals surface area contributed by atoms with Crippen molar-refractivity contribution in [3.8, 4) is 0 Å². The number of hydrogen-bond acceptors (Lipinski definition) is 2. The molecule has 1 aliphatic rings. The molecule has 1 aromatic rings. The van der Waals surface area contributed by atoms with E-state index >= 15 is 0 Å². The van der Waals surface area contributed by atoms with Crippen molar-refractivity contribution in [3.63, 3.8) is 0 Å². The van der Waals surface area contributed by atoms with Crippen LogP contribution in [-0.2, 0) is 0 Å². The van der Waals surface area contributed by atoms with E-state index in [0.717, 1.165) is 6.42 Å². The third kappa shape index (κ3) is 2.75. The lowest BCUT2D eigenvalue weighted by Crippen LogP contribution is -2.53. The van der Waals surface area contributed by atoms with E-state index in [1.165, 1.54) is 4.90 Å². The van der Waals surface area contributed by atoms with Crippen molar-refractivity contribution in [2.45, 2.75) is 26.3 Å². The average molecular weight is 290 g/mol. The number of rotatable bonds is 3. The smallest absolute Gasteiger partial charge is 0.185 e. The fourth-order valence-electron chi connectivity index (χ4n) is 2.49. The molecule has 1 saturated heterocycles. The fraction of sp³-hybridized carbons (Fsp3) is 0.571. The van der Waals surface area contributed by atoms with Crippen LogP contribution in [0.3, 0.4) is 0 Å². The van der Waals surface area contributed by atoms with Crippen molar-refractivity contribution < 1.29 is 17.6 Å². The normalized spacial score (nSPS) is 21.1. The Kier molecular flexibility index (Phi) is 4.52. The molecule has 2 atom stereocenters. The quantitative estimate of drug-likeness (QED) is 0.680. The predicted octanol–water partition coefficient (Wildman–Crippen LogP) is 3.07. The van der Waals surface area contributed by atoms with Crippen LogP contribution in [0.25, 0.3) is 0 Å². The van der Waals surface area contributed by atoms with Crippen LogP contribution in [0, 0.1) is 29.2 Å². The minimum absolute atomic E-state index is 0.0406. The second kappa shape index (κ2) is 5.99. The summed E-state index contributed by atoms with van der Waals surface area (Å²) in [4.78, 5) is 1.38. The average Bonchev–Trinajstić information content (AvgIpc) is 2.45. The SMILES string of the molecule is CCC(C)C1CN(c2c(F)c(F)cc(F)c2F)CCN1. The topological polar surface area (TPSA) is 15.3 Å². The molecule has 0 aliphatic carbocycles. The van der Waals surface area contributed by atoms with Gasteiger partial charge in [-0.2, -0.15) is 0 Å². The number of hydrogen-bond donors (Lipinski definition) is 1. The molecule has 1 fully saturated rings. The summed E-state index contributed by atoms with van der Waals surface area (Å²) in [5.41, 5.74) is -0.600. The Bertz CT molecular complexity index is 466. The van der Waals surface area contributed by atoms with Gasteiger partial charge in [0.1, 0.15) is 5.69 Å². The zero-order chi connectivity index (χ0) is 14.9. The lowest BCUT2D eigenvalue weighted by Gasteiger charge is -2.38. The molecule has 0 bridgehead atoms. The van der Waals surface area contributed by atoms with Gasteiger partial charge in [-0.3, -0.25) is 0 Å². The number of piperazine rings is 1. The monoisotopic (exact) mass is 290 g/mol. The molecule has 1 heterocycles. The summed E-state index contributed by atoms with van der Waals surface area (Å²) < 4.78 is 54.1. The van der Waals surface area contributed by atoms with Gasteiger partial charge in [0.25, 0.3) is 0 Å². The highest BCUT2D eigenvalue weighted by molar-refractivity contribution is 5.50. The standard InChI is InChI=1S/C14H18F4N2/c1-3-8(2)11-7-20(5-4-19-11)14-12(17)9(15)6-10(16)13(14)18/h6,8,11,19H,3-5,7H2,1-2H3. The minimum Gasteiger partial charge on any atom is -0.364 e. The van der Waals surface area contributed by atoms with Crippen LogP contribution in [0.4, 0.5) is 23.2 Å². The summed E-state index contributed by atoms with van der Waals surface area (Å²) >= 11 is 0. The first kappa shape index (κ1) is 15.1. The number of halogens is 4. The van der Waals surface area contributed by atoms with Gasteiger partial charge in [0.05, 0.1) is 0 Å². The third-order valence-corrected chi connectivity index (χ3v) is 3.94. The zero-order valence-corrected chi connectivity index (χ0v) is 11.5. The van der Waals surface area contributed by atoms with Crippen LogP contribution < -0.4 is 10.2 Å². The van der Waals surface area contributed by atoms with Crippen LogP contribution in [0.15, 0.2) is 6.07 Å². The minimum atomic E-state index is -1.36. The first-order valence-corrected chi connectivity index (χ1v) is 6.77. The molecule has 0 amide bonds. The van der Waals surface area contributed by atoms with E-state index in [4.69, 9.17) is 0 Å². The van der Waals surface area contributed by atoms with Crippen molar-refractivity contribution >= 4 is 5.69 Å². The van der Waals surface area contributed by atoms with Crippen LogP contribution in [-0.4, -0.2) is 25.7 Å². The van der Waals surface area contributed by atoms with E-state index < -0.39 is 29.0 Å². The lowest BCUT2D eigenvalue weighted by molar-refractivity contribution is 0.336. The maximum atomic E-state index is 13.8. The Morgan fingerprint density at radius 1 is 1.25 bits per heavy atom. The van der Waals surface area contributed by atoms with Crippen molar-refractivity contribution in [1.29, 1.82) is 0 Å². The fourth-order valence-corrected chi connectivity index (χ4v) is 2.49. The van der Waals surface area contributed by atoms with Crippen LogP contribution >= 0.6 is 0 Å². The molecule has 2 nitrogen and oxygen atoms in total. The number of benzene rings is 1. The van der Waals surface area contributed by atoms with Gasteiger partial charge in [-0.05, 0) is 5.92 Å². The van der Waals surface area contributed by atoms with E-state index in [1.54, 1.807) is 0 Å². The molecule has 20 heavy (non-hydrogen) atoms. The van der Waals surface area contributed by atoms with Gasteiger partial charge >= 0.3 is 0 Å². The maximum Gasteiger partial charge on any atom is 0.185 e. The predicted molar refractivity (Wildman–Crippen MR) is 69.7 cm³/mol. The highest BCUT2D eigenvalue weighted by atomic mass is 19.2. The Morgan fingerprint density at radius 3 is 2.40 bits per heavy atom. The van der Waals surface area contributed by atoms with Crippen molar-refractivity contribution in [1.82, 2.24) is 5.32 Å². The molecule has 6 heteroatoms. The molecule has 0 saturated carbocycles. The Hall–Kier alpha value is -1.30. The van der Waals surface area contributed by atoms with Gasteiger partial charge in [-0.1, -0.05) is 20.3 Å². The molecule has 2 rings (SSSR count). The molecular weight excluding hydrogens is 272 g/mol. The summed E-state index contributed by atoms with van der Waals surface area (Å²) in [6.45, 7) is 5.20. The maximum absolute atomic E-state index is 13.8. The van der Waals surface area contributed by atoms with E-state index in [0.29, 0.717) is 25.6 Å². The zero-order valence-electron chi connectivity index (χ0n) is 11.5. The molecule has 0 aromatic heterocycles. The molecular formula is C14H18F4N2.